The van der Waals surface area contributed by atoms with Gasteiger partial charge in [-0.05, 0) is 37.6 Å². The number of sulfonamides is 1. The highest BCUT2D eigenvalue weighted by Gasteiger charge is 2.48. The minimum Gasteiger partial charge on any atom is -0.468 e. The van der Waals surface area contributed by atoms with Crippen molar-refractivity contribution >= 4 is 16.0 Å². The molecule has 1 aliphatic rings. The molecule has 0 spiro atoms. The van der Waals surface area contributed by atoms with E-state index in [1.165, 1.54) is 19.2 Å². The van der Waals surface area contributed by atoms with Crippen LogP contribution < -0.4 is 0 Å². The molecule has 1 fully saturated rings. The lowest BCUT2D eigenvalue weighted by atomic mass is 9.99. The minimum atomic E-state index is -3.81. The van der Waals surface area contributed by atoms with Crippen LogP contribution in [0.2, 0.25) is 0 Å². The van der Waals surface area contributed by atoms with E-state index in [1.807, 2.05) is 0 Å². The van der Waals surface area contributed by atoms with Crippen molar-refractivity contribution in [2.45, 2.75) is 30.3 Å². The smallest absolute Gasteiger partial charge is 0.324 e. The van der Waals surface area contributed by atoms with E-state index in [-0.39, 0.29) is 10.9 Å². The number of rotatable bonds is 3. The molecule has 0 N–H and O–H groups in total. The number of carbonyl (C=O) groups is 1. The van der Waals surface area contributed by atoms with E-state index in [9.17, 15) is 17.6 Å². The molecule has 104 valence electrons. The Kier molecular flexibility index (Phi) is 3.60. The number of benzene rings is 1. The van der Waals surface area contributed by atoms with Crippen LogP contribution in [0.15, 0.2) is 29.2 Å². The van der Waals surface area contributed by atoms with E-state index in [1.54, 1.807) is 6.92 Å². The van der Waals surface area contributed by atoms with Crippen molar-refractivity contribution < 1.29 is 22.3 Å². The maximum absolute atomic E-state index is 12.8. The third-order valence-electron chi connectivity index (χ3n) is 3.17. The Balaban J connectivity index is 2.33. The Hall–Kier alpha value is -1.47. The standard InChI is InChI=1S/C12H14FNO4S/c1-8-7-11(12(15)18-2)14(8)19(16,17)10-5-3-9(13)4-6-10/h3-6,8,11H,7H2,1-2H3. The van der Waals surface area contributed by atoms with Crippen LogP contribution >= 0.6 is 0 Å². The molecule has 0 aromatic heterocycles. The molecule has 0 bridgehead atoms. The number of hydrogen-bond acceptors (Lipinski definition) is 4. The summed E-state index contributed by atoms with van der Waals surface area (Å²) in [5.74, 6) is -1.09. The summed E-state index contributed by atoms with van der Waals surface area (Å²) < 4.78 is 43.2. The monoisotopic (exact) mass is 287 g/mol. The number of methoxy groups -OCH3 is 1. The molecule has 0 amide bonds. The second-order valence-electron chi connectivity index (χ2n) is 4.41. The summed E-state index contributed by atoms with van der Waals surface area (Å²) in [6, 6.07) is 3.44. The third-order valence-corrected chi connectivity index (χ3v) is 5.21. The maximum Gasteiger partial charge on any atom is 0.324 e. The van der Waals surface area contributed by atoms with Crippen molar-refractivity contribution in [3.63, 3.8) is 0 Å². The Bertz CT molecular complexity index is 584. The molecular weight excluding hydrogens is 273 g/mol. The highest BCUT2D eigenvalue weighted by Crippen LogP contribution is 2.33. The Labute approximate surface area is 111 Å². The average molecular weight is 287 g/mol. The average Bonchev–Trinajstić information content (AvgIpc) is 2.34. The van der Waals surface area contributed by atoms with Gasteiger partial charge in [0.2, 0.25) is 10.0 Å². The van der Waals surface area contributed by atoms with Crippen LogP contribution in [0.3, 0.4) is 0 Å². The fraction of sp³-hybridized carbons (Fsp3) is 0.417. The summed E-state index contributed by atoms with van der Waals surface area (Å²) in [7, 11) is -2.59. The van der Waals surface area contributed by atoms with Crippen LogP contribution in [0.1, 0.15) is 13.3 Å². The van der Waals surface area contributed by atoms with Crippen LogP contribution in [0.4, 0.5) is 4.39 Å². The van der Waals surface area contributed by atoms with Crippen molar-refractivity contribution in [1.82, 2.24) is 4.31 Å². The second kappa shape index (κ2) is 4.90. The van der Waals surface area contributed by atoms with Crippen LogP contribution in [0.5, 0.6) is 0 Å². The first-order valence-corrected chi connectivity index (χ1v) is 7.19. The number of esters is 1. The van der Waals surface area contributed by atoms with Gasteiger partial charge in [-0.2, -0.15) is 4.31 Å². The second-order valence-corrected chi connectivity index (χ2v) is 6.26. The molecule has 19 heavy (non-hydrogen) atoms. The van der Waals surface area contributed by atoms with Crippen LogP contribution in [-0.2, 0) is 19.6 Å². The van der Waals surface area contributed by atoms with Crippen molar-refractivity contribution in [1.29, 1.82) is 0 Å². The summed E-state index contributed by atoms with van der Waals surface area (Å²) in [5, 5.41) is 0. The summed E-state index contributed by atoms with van der Waals surface area (Å²) in [5.41, 5.74) is 0. The van der Waals surface area contributed by atoms with E-state index in [0.717, 1.165) is 16.4 Å². The molecular formula is C12H14FNO4S. The lowest BCUT2D eigenvalue weighted by molar-refractivity contribution is -0.150. The number of nitrogens with zero attached hydrogens (tertiary/aromatic N) is 1. The normalized spacial score (nSPS) is 23.7. The zero-order valence-electron chi connectivity index (χ0n) is 10.5. The van der Waals surface area contributed by atoms with Crippen molar-refractivity contribution in [2.75, 3.05) is 7.11 Å². The van der Waals surface area contributed by atoms with E-state index in [2.05, 4.69) is 4.74 Å². The first kappa shape index (κ1) is 14.0. The SMILES string of the molecule is COC(=O)C1CC(C)N1S(=O)(=O)c1ccc(F)cc1. The molecule has 0 aliphatic carbocycles. The Morgan fingerprint density at radius 2 is 1.95 bits per heavy atom. The molecule has 1 aromatic carbocycles. The van der Waals surface area contributed by atoms with Gasteiger partial charge in [0.1, 0.15) is 11.9 Å². The zero-order valence-corrected chi connectivity index (χ0v) is 11.4. The quantitative estimate of drug-likeness (QED) is 0.782. The number of hydrogen-bond donors (Lipinski definition) is 0. The fourth-order valence-corrected chi connectivity index (χ4v) is 3.96. The summed E-state index contributed by atoms with van der Waals surface area (Å²) in [6.07, 6.45) is 0.424. The Morgan fingerprint density at radius 3 is 2.42 bits per heavy atom. The molecule has 7 heteroatoms. The lowest BCUT2D eigenvalue weighted by Crippen LogP contribution is -2.60. The summed E-state index contributed by atoms with van der Waals surface area (Å²) in [6.45, 7) is 1.71. The summed E-state index contributed by atoms with van der Waals surface area (Å²) in [4.78, 5) is 11.5. The van der Waals surface area contributed by atoms with Crippen LogP contribution in [-0.4, -0.2) is 37.9 Å². The first-order chi connectivity index (χ1) is 8.87. The van der Waals surface area contributed by atoms with E-state index in [4.69, 9.17) is 0 Å². The van der Waals surface area contributed by atoms with Crippen molar-refractivity contribution in [3.05, 3.63) is 30.1 Å². The van der Waals surface area contributed by atoms with Gasteiger partial charge in [-0.1, -0.05) is 0 Å². The molecule has 0 radical (unpaired) electrons. The van der Waals surface area contributed by atoms with Crippen molar-refractivity contribution in [3.8, 4) is 0 Å². The molecule has 1 aromatic rings. The van der Waals surface area contributed by atoms with Gasteiger partial charge in [-0.3, -0.25) is 4.79 Å². The van der Waals surface area contributed by atoms with Gasteiger partial charge in [0, 0.05) is 6.04 Å². The molecule has 0 saturated carbocycles. The molecule has 2 atom stereocenters. The van der Waals surface area contributed by atoms with E-state index >= 15 is 0 Å². The predicted molar refractivity (Wildman–Crippen MR) is 65.3 cm³/mol. The Morgan fingerprint density at radius 1 is 1.37 bits per heavy atom. The molecule has 1 aliphatic heterocycles. The molecule has 5 nitrogen and oxygen atoms in total. The van der Waals surface area contributed by atoms with Gasteiger partial charge in [0.05, 0.1) is 12.0 Å². The number of halogens is 1. The molecule has 1 heterocycles. The van der Waals surface area contributed by atoms with Gasteiger partial charge in [0.25, 0.3) is 0 Å². The highest BCUT2D eigenvalue weighted by atomic mass is 32.2. The number of ether oxygens (including phenoxy) is 1. The van der Waals surface area contributed by atoms with Crippen molar-refractivity contribution in [2.24, 2.45) is 0 Å². The zero-order chi connectivity index (χ0) is 14.2. The largest absolute Gasteiger partial charge is 0.468 e. The molecule has 2 unspecified atom stereocenters. The third kappa shape index (κ3) is 2.35. The van der Waals surface area contributed by atoms with E-state index in [0.29, 0.717) is 6.42 Å². The predicted octanol–water partition coefficient (Wildman–Crippen LogP) is 1.15. The first-order valence-electron chi connectivity index (χ1n) is 5.75. The number of carbonyl (C=O) groups excluding carboxylic acids is 1. The molecule has 2 rings (SSSR count). The van der Waals surface area contributed by atoms with E-state index < -0.39 is 27.9 Å². The van der Waals surface area contributed by atoms with Gasteiger partial charge in [-0.15, -0.1) is 0 Å². The summed E-state index contributed by atoms with van der Waals surface area (Å²) >= 11 is 0. The van der Waals surface area contributed by atoms with Crippen LogP contribution in [0, 0.1) is 5.82 Å². The molecule has 1 saturated heterocycles. The fourth-order valence-electron chi connectivity index (χ4n) is 2.17. The minimum absolute atomic E-state index is 0.0330. The van der Waals surface area contributed by atoms with Gasteiger partial charge in [0.15, 0.2) is 0 Å². The topological polar surface area (TPSA) is 63.7 Å². The van der Waals surface area contributed by atoms with Gasteiger partial charge in [-0.25, -0.2) is 12.8 Å². The van der Waals surface area contributed by atoms with Gasteiger partial charge >= 0.3 is 5.97 Å². The lowest BCUT2D eigenvalue weighted by Gasteiger charge is -2.43. The maximum atomic E-state index is 12.8. The van der Waals surface area contributed by atoms with Crippen LogP contribution in [0.25, 0.3) is 0 Å². The van der Waals surface area contributed by atoms with Gasteiger partial charge < -0.3 is 4.74 Å². The highest BCUT2D eigenvalue weighted by molar-refractivity contribution is 7.89.